The van der Waals surface area contributed by atoms with Crippen molar-refractivity contribution >= 4 is 45.1 Å². The molecule has 0 aliphatic heterocycles. The molecule has 0 saturated carbocycles. The highest BCUT2D eigenvalue weighted by atomic mass is 79.9. The van der Waals surface area contributed by atoms with Crippen molar-refractivity contribution in [2.45, 2.75) is 29.7 Å². The van der Waals surface area contributed by atoms with E-state index in [1.165, 1.54) is 18.2 Å². The van der Waals surface area contributed by atoms with Gasteiger partial charge in [-0.25, -0.2) is 9.02 Å². The molecule has 0 spiro atoms. The van der Waals surface area contributed by atoms with Gasteiger partial charge in [0.25, 0.3) is 0 Å². The Morgan fingerprint density at radius 1 is 1.45 bits per heavy atom. The Morgan fingerprint density at radius 3 is 2.79 bits per heavy atom. The summed E-state index contributed by atoms with van der Waals surface area (Å²) >= 11 is 4.04. The lowest BCUT2D eigenvalue weighted by molar-refractivity contribution is -0.123. The Kier molecular flexibility index (Phi) is 7.96. The van der Waals surface area contributed by atoms with Crippen molar-refractivity contribution < 1.29 is 29.2 Å². The average Bonchev–Trinajstić information content (AvgIpc) is 3.13. The van der Waals surface area contributed by atoms with Crippen LogP contribution in [0.25, 0.3) is 0 Å². The second kappa shape index (κ2) is 10.0. The first kappa shape index (κ1) is 23.1. The van der Waals surface area contributed by atoms with Crippen LogP contribution in [0.4, 0.5) is 10.1 Å². The number of nitrogens with one attached hydrogen (secondary N) is 2. The Morgan fingerprint density at radius 2 is 2.17 bits per heavy atom. The number of thioether (sulfide) groups is 1. The molecular weight excluding hydrogens is 473 g/mol. The molecule has 0 aliphatic rings. The number of nitrogens with zero attached hydrogens (tertiary/aromatic N) is 3. The van der Waals surface area contributed by atoms with E-state index in [0.29, 0.717) is 5.69 Å². The van der Waals surface area contributed by atoms with Gasteiger partial charge in [0, 0.05) is 12.2 Å². The largest absolute Gasteiger partial charge is 0.409 e. The number of carbonyl (C=O) groups is 1. The van der Waals surface area contributed by atoms with Crippen molar-refractivity contribution in [2.24, 2.45) is 5.16 Å². The number of halogens is 2. The molecule has 0 saturated heterocycles. The van der Waals surface area contributed by atoms with Crippen molar-refractivity contribution in [3.05, 3.63) is 34.2 Å². The molecule has 1 heterocycles. The molecule has 1 atom stereocenters. The minimum atomic E-state index is -1.07. The normalized spacial score (nSPS) is 13.2. The summed E-state index contributed by atoms with van der Waals surface area (Å²) < 4.78 is 17.3. The number of oxime groups is 1. The summed E-state index contributed by atoms with van der Waals surface area (Å²) in [6.45, 7) is 2.62. The third-order valence-electron chi connectivity index (χ3n) is 3.57. The van der Waals surface area contributed by atoms with E-state index in [4.69, 9.17) is 9.74 Å². The second-order valence-corrected chi connectivity index (χ2v) is 8.75. The van der Waals surface area contributed by atoms with Crippen LogP contribution in [0.5, 0.6) is 0 Å². The minimum absolute atomic E-state index is 0.0363. The number of anilines is 1. The number of aliphatic hydroxyl groups excluding tert-OH is 2. The number of hydrogen-bond donors (Lipinski definition) is 5. The molecule has 13 heteroatoms. The zero-order valence-corrected chi connectivity index (χ0v) is 17.8. The maximum absolute atomic E-state index is 13.4. The number of aromatic nitrogens is 2. The molecule has 0 bridgehead atoms. The Labute approximate surface area is 177 Å². The highest BCUT2D eigenvalue weighted by molar-refractivity contribution is 9.10. The van der Waals surface area contributed by atoms with Gasteiger partial charge in [0.1, 0.15) is 5.82 Å². The number of amidine groups is 1. The van der Waals surface area contributed by atoms with Gasteiger partial charge in [-0.3, -0.25) is 4.79 Å². The third-order valence-corrected chi connectivity index (χ3v) is 5.34. The molecular formula is C16H19BrFN5O5S. The lowest BCUT2D eigenvalue weighted by Gasteiger charge is -2.22. The fourth-order valence-electron chi connectivity index (χ4n) is 2.01. The summed E-state index contributed by atoms with van der Waals surface area (Å²) in [7, 11) is 0. The quantitative estimate of drug-likeness (QED) is 0.121. The standard InChI is InChI=1S/C16H19BrFN5O5S/c1-16(2,15(26)19-6-9(25)7-24)29-14-12(22-28-23-14)13(21-27)20-8-3-4-11(18)10(17)5-8/h3-5,9,24-25,27H,6-7H2,1-2H3,(H,19,26)(H,20,21)/t9-/m1/s1. The molecule has 1 amide bonds. The molecule has 10 nitrogen and oxygen atoms in total. The second-order valence-electron chi connectivity index (χ2n) is 6.28. The molecule has 2 aromatic rings. The third kappa shape index (κ3) is 6.13. The van der Waals surface area contributed by atoms with E-state index in [2.05, 4.69) is 42.0 Å². The van der Waals surface area contributed by atoms with Crippen LogP contribution in [0.1, 0.15) is 19.5 Å². The van der Waals surface area contributed by atoms with E-state index in [1.807, 2.05) is 0 Å². The van der Waals surface area contributed by atoms with E-state index in [-0.39, 0.29) is 27.6 Å². The maximum atomic E-state index is 13.4. The van der Waals surface area contributed by atoms with Crippen LogP contribution in [-0.2, 0) is 4.79 Å². The van der Waals surface area contributed by atoms with Crippen LogP contribution in [-0.4, -0.2) is 61.5 Å². The van der Waals surface area contributed by atoms with Crippen molar-refractivity contribution in [2.75, 3.05) is 18.5 Å². The van der Waals surface area contributed by atoms with Gasteiger partial charge in [0.05, 0.1) is 21.9 Å². The number of carbonyl (C=O) groups excluding carboxylic acids is 1. The smallest absolute Gasteiger partial charge is 0.236 e. The Hall–Kier alpha value is -2.22. The fourth-order valence-corrected chi connectivity index (χ4v) is 3.34. The molecule has 1 aromatic carbocycles. The molecule has 1 aromatic heterocycles. The highest BCUT2D eigenvalue weighted by Gasteiger charge is 2.33. The van der Waals surface area contributed by atoms with Gasteiger partial charge in [0.2, 0.25) is 11.7 Å². The monoisotopic (exact) mass is 491 g/mol. The highest BCUT2D eigenvalue weighted by Crippen LogP contribution is 2.33. The lowest BCUT2D eigenvalue weighted by Crippen LogP contribution is -2.43. The van der Waals surface area contributed by atoms with Gasteiger partial charge in [-0.1, -0.05) is 16.9 Å². The first-order chi connectivity index (χ1) is 13.7. The number of amides is 1. The molecule has 29 heavy (non-hydrogen) atoms. The molecule has 2 rings (SSSR count). The van der Waals surface area contributed by atoms with E-state index < -0.39 is 29.2 Å². The van der Waals surface area contributed by atoms with Crippen molar-refractivity contribution in [1.29, 1.82) is 0 Å². The zero-order chi connectivity index (χ0) is 21.6. The predicted molar refractivity (Wildman–Crippen MR) is 106 cm³/mol. The minimum Gasteiger partial charge on any atom is -0.409 e. The van der Waals surface area contributed by atoms with Crippen molar-refractivity contribution in [1.82, 2.24) is 15.6 Å². The summed E-state index contributed by atoms with van der Waals surface area (Å²) in [5.74, 6) is -1.02. The fraction of sp³-hybridized carbons (Fsp3) is 0.375. The molecule has 0 fully saturated rings. The van der Waals surface area contributed by atoms with Crippen molar-refractivity contribution in [3.8, 4) is 0 Å². The summed E-state index contributed by atoms with van der Waals surface area (Å²) in [5, 5.41) is 43.6. The molecule has 5 N–H and O–H groups in total. The van der Waals surface area contributed by atoms with Crippen LogP contribution in [0, 0.1) is 5.82 Å². The molecule has 0 aliphatic carbocycles. The number of hydrogen-bond acceptors (Lipinski definition) is 9. The Bertz CT molecular complexity index is 894. The van der Waals surface area contributed by atoms with Crippen LogP contribution < -0.4 is 10.6 Å². The van der Waals surface area contributed by atoms with E-state index in [0.717, 1.165) is 11.8 Å². The summed E-state index contributed by atoms with van der Waals surface area (Å²) in [5.41, 5.74) is 0.439. The van der Waals surface area contributed by atoms with Crippen molar-refractivity contribution in [3.63, 3.8) is 0 Å². The van der Waals surface area contributed by atoms with E-state index in [9.17, 15) is 19.5 Å². The van der Waals surface area contributed by atoms with Crippen LogP contribution in [0.2, 0.25) is 0 Å². The van der Waals surface area contributed by atoms with E-state index >= 15 is 0 Å². The predicted octanol–water partition coefficient (Wildman–Crippen LogP) is 1.56. The van der Waals surface area contributed by atoms with Gasteiger partial charge >= 0.3 is 0 Å². The maximum Gasteiger partial charge on any atom is 0.236 e. The Balaban J connectivity index is 2.15. The summed E-state index contributed by atoms with van der Waals surface area (Å²) in [6.07, 6.45) is -1.07. The number of rotatable bonds is 8. The van der Waals surface area contributed by atoms with Crippen LogP contribution in [0.3, 0.4) is 0 Å². The first-order valence-electron chi connectivity index (χ1n) is 8.21. The van der Waals surface area contributed by atoms with Gasteiger partial charge in [-0.05, 0) is 58.3 Å². The molecule has 158 valence electrons. The summed E-state index contributed by atoms with van der Waals surface area (Å²) in [6, 6.07) is 4.08. The SMILES string of the molecule is CC(C)(Sc1nonc1/C(=N/O)Nc1ccc(F)c(Br)c1)C(=O)NC[C@@H](O)CO. The van der Waals surface area contributed by atoms with Gasteiger partial charge < -0.3 is 26.1 Å². The number of aliphatic hydroxyl groups is 2. The number of benzene rings is 1. The zero-order valence-electron chi connectivity index (χ0n) is 15.4. The van der Waals surface area contributed by atoms with Gasteiger partial charge in [-0.2, -0.15) is 0 Å². The topological polar surface area (TPSA) is 153 Å². The summed E-state index contributed by atoms with van der Waals surface area (Å²) in [4.78, 5) is 12.4. The average molecular weight is 492 g/mol. The lowest BCUT2D eigenvalue weighted by atomic mass is 10.2. The van der Waals surface area contributed by atoms with Crippen LogP contribution >= 0.6 is 27.7 Å². The molecule has 0 unspecified atom stereocenters. The van der Waals surface area contributed by atoms with Crippen LogP contribution in [0.15, 0.2) is 37.5 Å². The van der Waals surface area contributed by atoms with E-state index in [1.54, 1.807) is 13.8 Å². The first-order valence-corrected chi connectivity index (χ1v) is 9.82. The van der Waals surface area contributed by atoms with Gasteiger partial charge in [0.15, 0.2) is 10.7 Å². The van der Waals surface area contributed by atoms with Gasteiger partial charge in [-0.15, -0.1) is 0 Å². The molecule has 0 radical (unpaired) electrons.